The molecule has 84 valence electrons. The fraction of sp³-hybridized carbons (Fsp3) is 0.111. The molecule has 2 aromatic rings. The molecule has 0 saturated carbocycles. The highest BCUT2D eigenvalue weighted by Crippen LogP contribution is 2.31. The summed E-state index contributed by atoms with van der Waals surface area (Å²) in [6.45, 7) is 0. The summed E-state index contributed by atoms with van der Waals surface area (Å²) in [5.74, 6) is 0.290. The Balaban J connectivity index is 2.54. The maximum absolute atomic E-state index is 12.4. The standard InChI is InChI=1S/C9H5BrF3N3/c10-5-1-2-6(9(11,12)13)16-7(5)8-14-3-4-15-8/h1-4H,(H,14,15). The Labute approximate surface area is 96.9 Å². The Morgan fingerprint density at radius 1 is 1.25 bits per heavy atom. The smallest absolute Gasteiger partial charge is 0.343 e. The molecule has 0 amide bonds. The molecular weight excluding hydrogens is 287 g/mol. The molecule has 0 atom stereocenters. The zero-order valence-corrected chi connectivity index (χ0v) is 9.30. The Morgan fingerprint density at radius 2 is 2.00 bits per heavy atom. The number of nitrogens with one attached hydrogen (secondary N) is 1. The maximum Gasteiger partial charge on any atom is 0.433 e. The number of H-pyrrole nitrogens is 1. The Morgan fingerprint density at radius 3 is 2.56 bits per heavy atom. The van der Waals surface area contributed by atoms with Crippen LogP contribution < -0.4 is 0 Å². The van der Waals surface area contributed by atoms with Crippen molar-refractivity contribution in [3.63, 3.8) is 0 Å². The third-order valence-electron chi connectivity index (χ3n) is 1.86. The lowest BCUT2D eigenvalue weighted by Gasteiger charge is -2.07. The van der Waals surface area contributed by atoms with E-state index < -0.39 is 11.9 Å². The van der Waals surface area contributed by atoms with Crippen molar-refractivity contribution in [2.24, 2.45) is 0 Å². The van der Waals surface area contributed by atoms with Gasteiger partial charge in [-0.3, -0.25) is 0 Å². The maximum atomic E-state index is 12.4. The van der Waals surface area contributed by atoms with E-state index in [0.29, 0.717) is 4.47 Å². The van der Waals surface area contributed by atoms with E-state index in [1.165, 1.54) is 18.5 Å². The molecule has 0 spiro atoms. The van der Waals surface area contributed by atoms with E-state index in [1.807, 2.05) is 0 Å². The van der Waals surface area contributed by atoms with Crippen LogP contribution in [0.5, 0.6) is 0 Å². The topological polar surface area (TPSA) is 41.6 Å². The lowest BCUT2D eigenvalue weighted by molar-refractivity contribution is -0.141. The Hall–Kier alpha value is -1.37. The molecule has 0 aromatic carbocycles. The molecule has 7 heteroatoms. The monoisotopic (exact) mass is 291 g/mol. The van der Waals surface area contributed by atoms with Gasteiger partial charge in [0.2, 0.25) is 0 Å². The molecule has 2 aromatic heterocycles. The van der Waals surface area contributed by atoms with Gasteiger partial charge in [0.1, 0.15) is 11.4 Å². The summed E-state index contributed by atoms with van der Waals surface area (Å²) in [4.78, 5) is 10.1. The normalized spacial score (nSPS) is 11.8. The number of pyridine rings is 1. The first-order valence-electron chi connectivity index (χ1n) is 4.22. The van der Waals surface area contributed by atoms with E-state index in [9.17, 15) is 13.2 Å². The van der Waals surface area contributed by atoms with Crippen LogP contribution >= 0.6 is 15.9 Å². The van der Waals surface area contributed by atoms with Crippen molar-refractivity contribution in [3.8, 4) is 11.5 Å². The van der Waals surface area contributed by atoms with Gasteiger partial charge in [0, 0.05) is 16.9 Å². The van der Waals surface area contributed by atoms with Crippen LogP contribution in [0.4, 0.5) is 13.2 Å². The van der Waals surface area contributed by atoms with Crippen molar-refractivity contribution in [3.05, 3.63) is 34.7 Å². The lowest BCUT2D eigenvalue weighted by Crippen LogP contribution is -2.08. The average Bonchev–Trinajstić information content (AvgIpc) is 2.69. The highest BCUT2D eigenvalue weighted by atomic mass is 79.9. The van der Waals surface area contributed by atoms with Gasteiger partial charge in [-0.05, 0) is 28.1 Å². The van der Waals surface area contributed by atoms with Crippen LogP contribution in [0.25, 0.3) is 11.5 Å². The first-order chi connectivity index (χ1) is 7.48. The Bertz CT molecular complexity index is 493. The summed E-state index contributed by atoms with van der Waals surface area (Å²) < 4.78 is 37.8. The molecule has 0 bridgehead atoms. The van der Waals surface area contributed by atoms with E-state index in [0.717, 1.165) is 6.07 Å². The number of aromatic nitrogens is 3. The molecule has 1 N–H and O–H groups in total. The summed E-state index contributed by atoms with van der Waals surface area (Å²) >= 11 is 3.13. The number of halogens is 4. The van der Waals surface area contributed by atoms with Crippen LogP contribution in [-0.4, -0.2) is 15.0 Å². The van der Waals surface area contributed by atoms with Gasteiger partial charge in [0.15, 0.2) is 5.82 Å². The molecule has 0 radical (unpaired) electrons. The second kappa shape index (κ2) is 3.89. The zero-order chi connectivity index (χ0) is 11.8. The number of hydrogen-bond acceptors (Lipinski definition) is 2. The van der Waals surface area contributed by atoms with E-state index in [-0.39, 0.29) is 11.5 Å². The predicted octanol–water partition coefficient (Wildman–Crippen LogP) is 3.25. The van der Waals surface area contributed by atoms with Gasteiger partial charge in [-0.2, -0.15) is 13.2 Å². The quantitative estimate of drug-likeness (QED) is 0.876. The number of aromatic amines is 1. The van der Waals surface area contributed by atoms with Crippen LogP contribution in [0.2, 0.25) is 0 Å². The number of nitrogens with zero attached hydrogens (tertiary/aromatic N) is 2. The van der Waals surface area contributed by atoms with Gasteiger partial charge in [0.25, 0.3) is 0 Å². The summed E-state index contributed by atoms with van der Waals surface area (Å²) in [7, 11) is 0. The summed E-state index contributed by atoms with van der Waals surface area (Å²) in [5, 5.41) is 0. The van der Waals surface area contributed by atoms with Crippen LogP contribution in [0.15, 0.2) is 29.0 Å². The van der Waals surface area contributed by atoms with Gasteiger partial charge in [-0.1, -0.05) is 0 Å². The van der Waals surface area contributed by atoms with Crippen molar-refractivity contribution in [2.75, 3.05) is 0 Å². The molecule has 0 aliphatic rings. The van der Waals surface area contributed by atoms with Crippen molar-refractivity contribution in [1.29, 1.82) is 0 Å². The van der Waals surface area contributed by atoms with Crippen LogP contribution in [0.3, 0.4) is 0 Å². The van der Waals surface area contributed by atoms with Crippen molar-refractivity contribution < 1.29 is 13.2 Å². The first-order valence-corrected chi connectivity index (χ1v) is 5.01. The second-order valence-corrected chi connectivity index (χ2v) is 3.82. The number of imidazole rings is 1. The average molecular weight is 292 g/mol. The van der Waals surface area contributed by atoms with Crippen molar-refractivity contribution >= 4 is 15.9 Å². The molecule has 2 heterocycles. The third kappa shape index (κ3) is 2.08. The van der Waals surface area contributed by atoms with Crippen LogP contribution in [0.1, 0.15) is 5.69 Å². The van der Waals surface area contributed by atoms with E-state index in [1.54, 1.807) is 0 Å². The van der Waals surface area contributed by atoms with E-state index in [4.69, 9.17) is 0 Å². The molecule has 16 heavy (non-hydrogen) atoms. The van der Waals surface area contributed by atoms with Crippen molar-refractivity contribution in [2.45, 2.75) is 6.18 Å². The minimum atomic E-state index is -4.46. The number of hydrogen-bond donors (Lipinski definition) is 1. The molecule has 2 rings (SSSR count). The molecule has 0 aliphatic heterocycles. The Kier molecular flexibility index (Phi) is 2.71. The molecule has 0 unspecified atom stereocenters. The molecule has 0 aliphatic carbocycles. The van der Waals surface area contributed by atoms with Crippen molar-refractivity contribution in [1.82, 2.24) is 15.0 Å². The lowest BCUT2D eigenvalue weighted by atomic mass is 10.3. The zero-order valence-electron chi connectivity index (χ0n) is 7.72. The molecule has 0 fully saturated rings. The summed E-state index contributed by atoms with van der Waals surface area (Å²) in [5.41, 5.74) is -0.804. The molecular formula is C9H5BrF3N3. The highest BCUT2D eigenvalue weighted by Gasteiger charge is 2.33. The van der Waals surface area contributed by atoms with Gasteiger partial charge in [-0.25, -0.2) is 9.97 Å². The largest absolute Gasteiger partial charge is 0.433 e. The summed E-state index contributed by atoms with van der Waals surface area (Å²) in [6, 6.07) is 2.21. The van der Waals surface area contributed by atoms with E-state index in [2.05, 4.69) is 30.9 Å². The minimum absolute atomic E-state index is 0.139. The van der Waals surface area contributed by atoms with Gasteiger partial charge in [-0.15, -0.1) is 0 Å². The fourth-order valence-corrected chi connectivity index (χ4v) is 1.57. The van der Waals surface area contributed by atoms with Crippen LogP contribution in [-0.2, 0) is 6.18 Å². The number of rotatable bonds is 1. The SMILES string of the molecule is FC(F)(F)c1ccc(Br)c(-c2ncc[nH]2)n1. The predicted molar refractivity (Wildman–Crippen MR) is 54.5 cm³/mol. The first kappa shape index (κ1) is 11.1. The molecule has 0 saturated heterocycles. The van der Waals surface area contributed by atoms with Gasteiger partial charge >= 0.3 is 6.18 Å². The van der Waals surface area contributed by atoms with Crippen LogP contribution in [0, 0.1) is 0 Å². The van der Waals surface area contributed by atoms with Gasteiger partial charge < -0.3 is 4.98 Å². The van der Waals surface area contributed by atoms with Gasteiger partial charge in [0.05, 0.1) is 0 Å². The fourth-order valence-electron chi connectivity index (χ4n) is 1.16. The van der Waals surface area contributed by atoms with E-state index >= 15 is 0 Å². The second-order valence-electron chi connectivity index (χ2n) is 2.96. The highest BCUT2D eigenvalue weighted by molar-refractivity contribution is 9.10. The summed E-state index contributed by atoms with van der Waals surface area (Å²) in [6.07, 6.45) is -1.49. The molecule has 3 nitrogen and oxygen atoms in total. The third-order valence-corrected chi connectivity index (χ3v) is 2.50. The number of alkyl halides is 3. The minimum Gasteiger partial charge on any atom is -0.343 e.